The smallest absolute Gasteiger partial charge is 0.254 e. The van der Waals surface area contributed by atoms with Crippen molar-refractivity contribution in [1.29, 1.82) is 0 Å². The molecule has 0 bridgehead atoms. The summed E-state index contributed by atoms with van der Waals surface area (Å²) in [5.41, 5.74) is 1.44. The SMILES string of the molecule is CCn1cc(C(=O)N[C@H]2CC(=O)N(C)[C@@H]2c2ccc(Cl)cc2)cn1. The standard InChI is InChI=1S/C17H19ClN4O2/c1-3-22-10-12(9-19-22)17(24)20-14-8-15(23)21(2)16(14)11-4-6-13(18)7-5-11/h4-7,9-10,14,16H,3,8H2,1-2H3,(H,20,24)/t14-,16+/m0/s1. The second kappa shape index (κ2) is 6.65. The van der Waals surface area contributed by atoms with Crippen LogP contribution in [0, 0.1) is 0 Å². The Balaban J connectivity index is 1.81. The first-order valence-electron chi connectivity index (χ1n) is 7.84. The number of aryl methyl sites for hydroxylation is 1. The summed E-state index contributed by atoms with van der Waals surface area (Å²) in [6.45, 7) is 2.65. The van der Waals surface area contributed by atoms with Crippen molar-refractivity contribution >= 4 is 23.4 Å². The third-order valence-electron chi connectivity index (χ3n) is 4.33. The van der Waals surface area contributed by atoms with E-state index >= 15 is 0 Å². The number of amides is 2. The molecule has 1 aliphatic rings. The maximum absolute atomic E-state index is 12.5. The highest BCUT2D eigenvalue weighted by atomic mass is 35.5. The number of benzene rings is 1. The van der Waals surface area contributed by atoms with Gasteiger partial charge in [-0.15, -0.1) is 0 Å². The van der Waals surface area contributed by atoms with Crippen molar-refractivity contribution in [3.05, 3.63) is 52.8 Å². The van der Waals surface area contributed by atoms with Crippen LogP contribution in [0.5, 0.6) is 0 Å². The molecule has 3 rings (SSSR count). The number of hydrogen-bond acceptors (Lipinski definition) is 3. The van der Waals surface area contributed by atoms with Crippen LogP contribution in [-0.4, -0.2) is 39.6 Å². The molecule has 6 nitrogen and oxygen atoms in total. The van der Waals surface area contributed by atoms with E-state index in [1.807, 2.05) is 19.1 Å². The van der Waals surface area contributed by atoms with Crippen molar-refractivity contribution in [2.24, 2.45) is 0 Å². The fraction of sp³-hybridized carbons (Fsp3) is 0.353. The van der Waals surface area contributed by atoms with Crippen molar-refractivity contribution in [3.63, 3.8) is 0 Å². The van der Waals surface area contributed by atoms with Crippen molar-refractivity contribution in [2.75, 3.05) is 7.05 Å². The number of likely N-dealkylation sites (N-methyl/N-ethyl adjacent to an activating group) is 1. The maximum atomic E-state index is 12.5. The van der Waals surface area contributed by atoms with Gasteiger partial charge in [-0.3, -0.25) is 14.3 Å². The van der Waals surface area contributed by atoms with Crippen molar-refractivity contribution in [1.82, 2.24) is 20.0 Å². The minimum Gasteiger partial charge on any atom is -0.346 e. The van der Waals surface area contributed by atoms with Crippen LogP contribution < -0.4 is 5.32 Å². The van der Waals surface area contributed by atoms with Gasteiger partial charge < -0.3 is 10.2 Å². The molecule has 1 aromatic heterocycles. The third kappa shape index (κ3) is 3.14. The monoisotopic (exact) mass is 346 g/mol. The molecule has 0 radical (unpaired) electrons. The molecule has 1 aliphatic heterocycles. The predicted molar refractivity (Wildman–Crippen MR) is 90.7 cm³/mol. The fourth-order valence-electron chi connectivity index (χ4n) is 3.02. The molecule has 1 aromatic carbocycles. The summed E-state index contributed by atoms with van der Waals surface area (Å²) < 4.78 is 1.69. The van der Waals surface area contributed by atoms with E-state index < -0.39 is 0 Å². The molecular formula is C17H19ClN4O2. The summed E-state index contributed by atoms with van der Waals surface area (Å²) in [6.07, 6.45) is 3.52. The summed E-state index contributed by atoms with van der Waals surface area (Å²) in [5, 5.41) is 7.72. The summed E-state index contributed by atoms with van der Waals surface area (Å²) in [5.74, 6) is -0.216. The number of rotatable bonds is 4. The number of nitrogens with zero attached hydrogens (tertiary/aromatic N) is 3. The number of carbonyl (C=O) groups is 2. The maximum Gasteiger partial charge on any atom is 0.254 e. The zero-order valence-electron chi connectivity index (χ0n) is 13.6. The minimum atomic E-state index is -0.291. The first kappa shape index (κ1) is 16.5. The molecule has 0 aliphatic carbocycles. The van der Waals surface area contributed by atoms with Gasteiger partial charge in [-0.2, -0.15) is 5.10 Å². The second-order valence-electron chi connectivity index (χ2n) is 5.87. The van der Waals surface area contributed by atoms with Gasteiger partial charge in [0, 0.05) is 31.2 Å². The average Bonchev–Trinajstić information content (AvgIpc) is 3.15. The highest BCUT2D eigenvalue weighted by Gasteiger charge is 2.39. The molecule has 2 atom stereocenters. The summed E-state index contributed by atoms with van der Waals surface area (Å²) in [4.78, 5) is 26.3. The van der Waals surface area contributed by atoms with Crippen LogP contribution >= 0.6 is 11.6 Å². The van der Waals surface area contributed by atoms with Gasteiger partial charge in [0.15, 0.2) is 0 Å². The second-order valence-corrected chi connectivity index (χ2v) is 6.31. The molecule has 7 heteroatoms. The van der Waals surface area contributed by atoms with Gasteiger partial charge in [-0.05, 0) is 24.6 Å². The molecule has 0 spiro atoms. The molecule has 1 N–H and O–H groups in total. The number of halogens is 1. The number of hydrogen-bond donors (Lipinski definition) is 1. The molecule has 0 unspecified atom stereocenters. The van der Waals surface area contributed by atoms with Gasteiger partial charge >= 0.3 is 0 Å². The summed E-state index contributed by atoms with van der Waals surface area (Å²) in [7, 11) is 1.75. The van der Waals surface area contributed by atoms with Crippen LogP contribution in [0.4, 0.5) is 0 Å². The third-order valence-corrected chi connectivity index (χ3v) is 4.59. The van der Waals surface area contributed by atoms with Crippen LogP contribution in [-0.2, 0) is 11.3 Å². The van der Waals surface area contributed by atoms with Crippen LogP contribution in [0.1, 0.15) is 35.3 Å². The lowest BCUT2D eigenvalue weighted by atomic mass is 10.00. The van der Waals surface area contributed by atoms with E-state index in [0.717, 1.165) is 5.56 Å². The molecular weight excluding hydrogens is 328 g/mol. The molecule has 126 valence electrons. The average molecular weight is 347 g/mol. The van der Waals surface area contributed by atoms with E-state index in [2.05, 4.69) is 10.4 Å². The number of carbonyl (C=O) groups excluding carboxylic acids is 2. The molecule has 2 heterocycles. The largest absolute Gasteiger partial charge is 0.346 e. The molecule has 2 amide bonds. The Hall–Kier alpha value is -2.34. The Morgan fingerprint density at radius 1 is 1.38 bits per heavy atom. The van der Waals surface area contributed by atoms with E-state index in [1.54, 1.807) is 35.0 Å². The van der Waals surface area contributed by atoms with Crippen molar-refractivity contribution in [3.8, 4) is 0 Å². The first-order valence-corrected chi connectivity index (χ1v) is 8.22. The molecule has 2 aromatic rings. The molecule has 1 saturated heterocycles. The zero-order chi connectivity index (χ0) is 17.3. The highest BCUT2D eigenvalue weighted by molar-refractivity contribution is 6.30. The van der Waals surface area contributed by atoms with Crippen LogP contribution in [0.15, 0.2) is 36.7 Å². The van der Waals surface area contributed by atoms with E-state index in [1.165, 1.54) is 6.20 Å². The summed E-state index contributed by atoms with van der Waals surface area (Å²) >= 11 is 5.94. The Morgan fingerprint density at radius 3 is 2.71 bits per heavy atom. The first-order chi connectivity index (χ1) is 11.5. The molecule has 1 fully saturated rings. The van der Waals surface area contributed by atoms with E-state index in [0.29, 0.717) is 17.1 Å². The van der Waals surface area contributed by atoms with Crippen molar-refractivity contribution in [2.45, 2.75) is 32.0 Å². The van der Waals surface area contributed by atoms with Gasteiger partial charge in [0.25, 0.3) is 5.91 Å². The van der Waals surface area contributed by atoms with Crippen LogP contribution in [0.3, 0.4) is 0 Å². The van der Waals surface area contributed by atoms with E-state index in [9.17, 15) is 9.59 Å². The predicted octanol–water partition coefficient (Wildman–Crippen LogP) is 2.26. The molecule has 0 saturated carbocycles. The Morgan fingerprint density at radius 2 is 2.08 bits per heavy atom. The molecule has 24 heavy (non-hydrogen) atoms. The number of aromatic nitrogens is 2. The van der Waals surface area contributed by atoms with E-state index in [4.69, 9.17) is 11.6 Å². The normalized spacial score (nSPS) is 20.5. The Labute approximate surface area is 145 Å². The van der Waals surface area contributed by atoms with Gasteiger partial charge in [0.2, 0.25) is 5.91 Å². The van der Waals surface area contributed by atoms with Gasteiger partial charge in [0.05, 0.1) is 23.8 Å². The topological polar surface area (TPSA) is 67.2 Å². The Bertz CT molecular complexity index is 756. The Kier molecular flexibility index (Phi) is 4.57. The minimum absolute atomic E-state index is 0.00417. The highest BCUT2D eigenvalue weighted by Crippen LogP contribution is 2.32. The zero-order valence-corrected chi connectivity index (χ0v) is 14.3. The van der Waals surface area contributed by atoms with Gasteiger partial charge in [0.1, 0.15) is 0 Å². The van der Waals surface area contributed by atoms with E-state index in [-0.39, 0.29) is 30.3 Å². The number of likely N-dealkylation sites (tertiary alicyclic amines) is 1. The summed E-state index contributed by atoms with van der Waals surface area (Å²) in [6, 6.07) is 6.85. The fourth-order valence-corrected chi connectivity index (χ4v) is 3.15. The van der Waals surface area contributed by atoms with Gasteiger partial charge in [-0.1, -0.05) is 23.7 Å². The lowest BCUT2D eigenvalue weighted by molar-refractivity contribution is -0.127. The van der Waals surface area contributed by atoms with Gasteiger partial charge in [-0.25, -0.2) is 0 Å². The van der Waals surface area contributed by atoms with Crippen molar-refractivity contribution < 1.29 is 9.59 Å². The lowest BCUT2D eigenvalue weighted by Crippen LogP contribution is -2.38. The quantitative estimate of drug-likeness (QED) is 0.923. The lowest BCUT2D eigenvalue weighted by Gasteiger charge is -2.26. The van der Waals surface area contributed by atoms with Crippen LogP contribution in [0.2, 0.25) is 5.02 Å². The number of nitrogens with one attached hydrogen (secondary N) is 1. The van der Waals surface area contributed by atoms with Crippen LogP contribution in [0.25, 0.3) is 0 Å².